The standard InChI is InChI=1S/C13H18N4O2S/c1-9-5-10(2)12(6-11(9)7-14)20(18,19)17-8-13-15-3-4-16-13/h3-6,17H,7-8,14H2,1-2H3,(H,15,16). The summed E-state index contributed by atoms with van der Waals surface area (Å²) in [4.78, 5) is 7.09. The Labute approximate surface area is 118 Å². The van der Waals surface area contributed by atoms with E-state index >= 15 is 0 Å². The number of hydrogen-bond donors (Lipinski definition) is 3. The van der Waals surface area contributed by atoms with Crippen LogP contribution in [0.15, 0.2) is 29.4 Å². The van der Waals surface area contributed by atoms with Crippen molar-refractivity contribution in [3.05, 3.63) is 47.0 Å². The number of aromatic nitrogens is 2. The maximum atomic E-state index is 12.3. The van der Waals surface area contributed by atoms with Gasteiger partial charge in [0.15, 0.2) is 0 Å². The van der Waals surface area contributed by atoms with Crippen LogP contribution in [0.25, 0.3) is 0 Å². The molecular formula is C13H18N4O2S. The average molecular weight is 294 g/mol. The first-order chi connectivity index (χ1) is 9.44. The monoisotopic (exact) mass is 294 g/mol. The van der Waals surface area contributed by atoms with Gasteiger partial charge in [0, 0.05) is 18.9 Å². The number of rotatable bonds is 5. The molecule has 0 aliphatic carbocycles. The highest BCUT2D eigenvalue weighted by molar-refractivity contribution is 7.89. The van der Waals surface area contributed by atoms with Gasteiger partial charge < -0.3 is 10.7 Å². The molecule has 7 heteroatoms. The van der Waals surface area contributed by atoms with Crippen molar-refractivity contribution in [2.75, 3.05) is 0 Å². The van der Waals surface area contributed by atoms with Crippen molar-refractivity contribution in [3.8, 4) is 0 Å². The Kier molecular flexibility index (Phi) is 4.22. The molecule has 1 aromatic carbocycles. The third kappa shape index (κ3) is 3.06. The molecular weight excluding hydrogens is 276 g/mol. The van der Waals surface area contributed by atoms with Crippen LogP contribution in [-0.4, -0.2) is 18.4 Å². The molecule has 20 heavy (non-hydrogen) atoms. The van der Waals surface area contributed by atoms with Gasteiger partial charge in [0.1, 0.15) is 5.82 Å². The molecule has 4 N–H and O–H groups in total. The van der Waals surface area contributed by atoms with Crippen LogP contribution < -0.4 is 10.5 Å². The molecule has 0 amide bonds. The Bertz CT molecular complexity index is 693. The summed E-state index contributed by atoms with van der Waals surface area (Å²) in [5.74, 6) is 0.567. The van der Waals surface area contributed by atoms with Crippen LogP contribution >= 0.6 is 0 Å². The maximum absolute atomic E-state index is 12.3. The van der Waals surface area contributed by atoms with E-state index in [4.69, 9.17) is 5.73 Å². The molecule has 0 saturated carbocycles. The Balaban J connectivity index is 2.29. The van der Waals surface area contributed by atoms with E-state index in [9.17, 15) is 8.42 Å². The number of nitrogens with one attached hydrogen (secondary N) is 2. The number of H-pyrrole nitrogens is 1. The van der Waals surface area contributed by atoms with Crippen molar-refractivity contribution in [1.82, 2.24) is 14.7 Å². The van der Waals surface area contributed by atoms with Crippen molar-refractivity contribution in [3.63, 3.8) is 0 Å². The molecule has 0 aliphatic rings. The number of nitrogens with two attached hydrogens (primary N) is 1. The number of nitrogens with zero attached hydrogens (tertiary/aromatic N) is 1. The van der Waals surface area contributed by atoms with Gasteiger partial charge in [-0.2, -0.15) is 0 Å². The lowest BCUT2D eigenvalue weighted by Gasteiger charge is -2.12. The van der Waals surface area contributed by atoms with E-state index in [1.54, 1.807) is 25.4 Å². The SMILES string of the molecule is Cc1cc(C)c(S(=O)(=O)NCc2ncc[nH]2)cc1CN. The zero-order chi connectivity index (χ0) is 14.8. The summed E-state index contributed by atoms with van der Waals surface area (Å²) in [6.07, 6.45) is 3.22. The van der Waals surface area contributed by atoms with E-state index in [1.165, 1.54) is 0 Å². The minimum absolute atomic E-state index is 0.126. The number of imidazole rings is 1. The summed E-state index contributed by atoms with van der Waals surface area (Å²) < 4.78 is 27.2. The summed E-state index contributed by atoms with van der Waals surface area (Å²) in [5, 5.41) is 0. The third-order valence-electron chi connectivity index (χ3n) is 3.13. The number of sulfonamides is 1. The van der Waals surface area contributed by atoms with Crippen molar-refractivity contribution < 1.29 is 8.42 Å². The van der Waals surface area contributed by atoms with Crippen molar-refractivity contribution in [1.29, 1.82) is 0 Å². The number of benzene rings is 1. The zero-order valence-corrected chi connectivity index (χ0v) is 12.3. The van der Waals surface area contributed by atoms with Gasteiger partial charge in [-0.25, -0.2) is 18.1 Å². The average Bonchev–Trinajstić information content (AvgIpc) is 2.89. The summed E-state index contributed by atoms with van der Waals surface area (Å²) in [5.41, 5.74) is 8.16. The second kappa shape index (κ2) is 5.74. The molecule has 0 atom stereocenters. The van der Waals surface area contributed by atoms with Crippen molar-refractivity contribution >= 4 is 10.0 Å². The smallest absolute Gasteiger partial charge is 0.241 e. The van der Waals surface area contributed by atoms with Crippen LogP contribution in [0.2, 0.25) is 0 Å². The summed E-state index contributed by atoms with van der Waals surface area (Å²) in [6, 6.07) is 3.47. The Hall–Kier alpha value is -1.70. The fourth-order valence-corrected chi connectivity index (χ4v) is 3.28. The van der Waals surface area contributed by atoms with E-state index in [2.05, 4.69) is 14.7 Å². The molecule has 108 valence electrons. The van der Waals surface area contributed by atoms with E-state index in [0.717, 1.165) is 11.1 Å². The van der Waals surface area contributed by atoms with E-state index < -0.39 is 10.0 Å². The van der Waals surface area contributed by atoms with Gasteiger partial charge in [0.2, 0.25) is 10.0 Å². The van der Waals surface area contributed by atoms with Gasteiger partial charge in [0.25, 0.3) is 0 Å². The van der Waals surface area contributed by atoms with Crippen LogP contribution in [0.5, 0.6) is 0 Å². The molecule has 0 radical (unpaired) electrons. The van der Waals surface area contributed by atoms with Gasteiger partial charge >= 0.3 is 0 Å². The van der Waals surface area contributed by atoms with Gasteiger partial charge in [-0.05, 0) is 36.6 Å². The summed E-state index contributed by atoms with van der Waals surface area (Å²) in [6.45, 7) is 4.13. The second-order valence-electron chi connectivity index (χ2n) is 4.61. The molecule has 0 unspecified atom stereocenters. The minimum Gasteiger partial charge on any atom is -0.347 e. The molecule has 0 spiro atoms. The van der Waals surface area contributed by atoms with Crippen LogP contribution in [0.1, 0.15) is 22.5 Å². The molecule has 0 aliphatic heterocycles. The van der Waals surface area contributed by atoms with Crippen LogP contribution in [-0.2, 0) is 23.1 Å². The molecule has 1 aromatic heterocycles. The van der Waals surface area contributed by atoms with Gasteiger partial charge in [-0.1, -0.05) is 6.07 Å². The van der Waals surface area contributed by atoms with Crippen molar-refractivity contribution in [2.24, 2.45) is 5.73 Å². The Morgan fingerprint density at radius 1 is 1.30 bits per heavy atom. The van der Waals surface area contributed by atoms with Crippen molar-refractivity contribution in [2.45, 2.75) is 31.8 Å². The fourth-order valence-electron chi connectivity index (χ4n) is 2.02. The molecule has 2 rings (SSSR count). The predicted octanol–water partition coefficient (Wildman–Crippen LogP) is 0.964. The van der Waals surface area contributed by atoms with Crippen LogP contribution in [0.3, 0.4) is 0 Å². The first-order valence-electron chi connectivity index (χ1n) is 6.22. The molecule has 0 saturated heterocycles. The Morgan fingerprint density at radius 3 is 2.65 bits per heavy atom. The largest absolute Gasteiger partial charge is 0.347 e. The second-order valence-corrected chi connectivity index (χ2v) is 6.34. The zero-order valence-electron chi connectivity index (χ0n) is 11.5. The van der Waals surface area contributed by atoms with E-state index in [0.29, 0.717) is 17.9 Å². The van der Waals surface area contributed by atoms with Crippen LogP contribution in [0.4, 0.5) is 0 Å². The first kappa shape index (κ1) is 14.7. The summed E-state index contributed by atoms with van der Waals surface area (Å²) >= 11 is 0. The summed E-state index contributed by atoms with van der Waals surface area (Å²) in [7, 11) is -3.58. The lowest BCUT2D eigenvalue weighted by Crippen LogP contribution is -2.25. The maximum Gasteiger partial charge on any atom is 0.241 e. The van der Waals surface area contributed by atoms with E-state index in [-0.39, 0.29) is 11.4 Å². The highest BCUT2D eigenvalue weighted by Crippen LogP contribution is 2.20. The minimum atomic E-state index is -3.58. The van der Waals surface area contributed by atoms with Gasteiger partial charge in [-0.15, -0.1) is 0 Å². The quantitative estimate of drug-likeness (QED) is 0.764. The molecule has 1 heterocycles. The predicted molar refractivity (Wildman–Crippen MR) is 76.4 cm³/mol. The number of aromatic amines is 1. The lowest BCUT2D eigenvalue weighted by molar-refractivity contribution is 0.579. The van der Waals surface area contributed by atoms with Gasteiger partial charge in [-0.3, -0.25) is 0 Å². The number of hydrogen-bond acceptors (Lipinski definition) is 4. The first-order valence-corrected chi connectivity index (χ1v) is 7.70. The van der Waals surface area contributed by atoms with E-state index in [1.807, 2.05) is 13.0 Å². The normalized spacial score (nSPS) is 11.8. The molecule has 6 nitrogen and oxygen atoms in total. The topological polar surface area (TPSA) is 101 Å². The molecule has 0 bridgehead atoms. The van der Waals surface area contributed by atoms with Crippen LogP contribution in [0, 0.1) is 13.8 Å². The molecule has 2 aromatic rings. The third-order valence-corrected chi connectivity index (χ3v) is 4.67. The highest BCUT2D eigenvalue weighted by atomic mass is 32.2. The molecule has 0 fully saturated rings. The lowest BCUT2D eigenvalue weighted by atomic mass is 10.1. The highest BCUT2D eigenvalue weighted by Gasteiger charge is 2.18. The Morgan fingerprint density at radius 2 is 2.05 bits per heavy atom. The fraction of sp³-hybridized carbons (Fsp3) is 0.308. The number of aryl methyl sites for hydroxylation is 2. The van der Waals surface area contributed by atoms with Gasteiger partial charge in [0.05, 0.1) is 11.4 Å².